The van der Waals surface area contributed by atoms with Crippen LogP contribution in [0.2, 0.25) is 0 Å². The summed E-state index contributed by atoms with van der Waals surface area (Å²) < 4.78 is 10.7. The van der Waals surface area contributed by atoms with E-state index >= 15 is 0 Å². The van der Waals surface area contributed by atoms with Crippen molar-refractivity contribution in [2.24, 2.45) is 17.6 Å². The number of imide groups is 1. The minimum Gasteiger partial charge on any atom is -0.493 e. The van der Waals surface area contributed by atoms with E-state index in [-0.39, 0.29) is 31.2 Å². The quantitative estimate of drug-likeness (QED) is 0.458. The van der Waals surface area contributed by atoms with Gasteiger partial charge in [-0.05, 0) is 43.5 Å². The molecule has 0 aliphatic carbocycles. The third-order valence-corrected chi connectivity index (χ3v) is 7.74. The summed E-state index contributed by atoms with van der Waals surface area (Å²) in [5.74, 6) is -2.18. The Morgan fingerprint density at radius 2 is 1.81 bits per heavy atom. The summed E-state index contributed by atoms with van der Waals surface area (Å²) in [7, 11) is 3.09. The Kier molecular flexibility index (Phi) is 6.15. The van der Waals surface area contributed by atoms with E-state index in [4.69, 9.17) is 15.2 Å². The molecule has 37 heavy (non-hydrogen) atoms. The summed E-state index contributed by atoms with van der Waals surface area (Å²) in [6.45, 7) is 2.06. The molecule has 0 radical (unpaired) electrons. The standard InChI is InChI=1S/C27H30N4O6/c1-14-4-6-17-16(12-14)27(26(35)29-17)23-22(18(30-27)7-9-21(28)32)24(33)31(25(23)34)11-10-15-5-8-19(36-2)20(13-15)37-3/h4-6,8,12-13,18,22-23,30H,7,9-11H2,1-3H3,(H2,28,32)(H,29,35)/t18-,22-,23-,27+/m1/s1. The number of likely N-dealkylation sites (tertiary alicyclic amines) is 1. The number of methoxy groups -OCH3 is 2. The lowest BCUT2D eigenvalue weighted by atomic mass is 9.76. The summed E-state index contributed by atoms with van der Waals surface area (Å²) in [6.07, 6.45) is 0.688. The fraction of sp³-hybridized carbons (Fsp3) is 0.407. The number of benzene rings is 2. The maximum Gasteiger partial charge on any atom is 0.250 e. The number of nitrogens with one attached hydrogen (secondary N) is 2. The van der Waals surface area contributed by atoms with Crippen LogP contribution < -0.4 is 25.8 Å². The van der Waals surface area contributed by atoms with Gasteiger partial charge in [0.15, 0.2) is 11.5 Å². The number of amides is 4. The second-order valence-corrected chi connectivity index (χ2v) is 9.84. The van der Waals surface area contributed by atoms with Crippen molar-refractivity contribution in [2.75, 3.05) is 26.1 Å². The van der Waals surface area contributed by atoms with Crippen molar-refractivity contribution in [3.8, 4) is 11.5 Å². The first-order chi connectivity index (χ1) is 17.7. The molecule has 1 spiro atoms. The Bertz CT molecular complexity index is 1310. The van der Waals surface area contributed by atoms with E-state index in [9.17, 15) is 19.2 Å². The van der Waals surface area contributed by atoms with E-state index in [1.54, 1.807) is 26.4 Å². The minimum atomic E-state index is -1.39. The van der Waals surface area contributed by atoms with E-state index in [1.165, 1.54) is 4.90 Å². The van der Waals surface area contributed by atoms with Gasteiger partial charge in [-0.1, -0.05) is 23.8 Å². The molecule has 0 bridgehead atoms. The van der Waals surface area contributed by atoms with Crippen molar-refractivity contribution in [3.63, 3.8) is 0 Å². The molecule has 0 aromatic heterocycles. The number of carbonyl (C=O) groups excluding carboxylic acids is 4. The molecule has 4 N–H and O–H groups in total. The van der Waals surface area contributed by atoms with Gasteiger partial charge in [0.1, 0.15) is 5.54 Å². The van der Waals surface area contributed by atoms with Crippen LogP contribution >= 0.6 is 0 Å². The highest BCUT2D eigenvalue weighted by Crippen LogP contribution is 2.53. The third kappa shape index (κ3) is 3.83. The van der Waals surface area contributed by atoms with Crippen LogP contribution in [0.15, 0.2) is 36.4 Å². The summed E-state index contributed by atoms with van der Waals surface area (Å²) in [6, 6.07) is 10.4. The molecule has 3 aliphatic rings. The van der Waals surface area contributed by atoms with E-state index in [2.05, 4.69) is 10.6 Å². The average molecular weight is 507 g/mol. The molecule has 4 atom stereocenters. The van der Waals surface area contributed by atoms with E-state index in [0.29, 0.717) is 29.2 Å². The van der Waals surface area contributed by atoms with Gasteiger partial charge in [0.2, 0.25) is 23.6 Å². The molecule has 2 aromatic rings. The molecule has 4 amide bonds. The maximum absolute atomic E-state index is 13.9. The van der Waals surface area contributed by atoms with Gasteiger partial charge in [-0.2, -0.15) is 0 Å². The zero-order chi connectivity index (χ0) is 26.5. The number of anilines is 1. The number of aryl methyl sites for hydroxylation is 1. The topological polar surface area (TPSA) is 140 Å². The number of hydrogen-bond donors (Lipinski definition) is 3. The van der Waals surface area contributed by atoms with Crippen LogP contribution in [-0.2, 0) is 31.1 Å². The smallest absolute Gasteiger partial charge is 0.250 e. The number of fused-ring (bicyclic) bond motifs is 4. The van der Waals surface area contributed by atoms with Gasteiger partial charge in [-0.3, -0.25) is 29.4 Å². The highest BCUT2D eigenvalue weighted by atomic mass is 16.5. The number of ether oxygens (including phenoxy) is 2. The van der Waals surface area contributed by atoms with Crippen LogP contribution in [0.3, 0.4) is 0 Å². The van der Waals surface area contributed by atoms with Crippen LogP contribution in [0.4, 0.5) is 5.69 Å². The SMILES string of the molecule is COc1ccc(CCN2C(=O)[C@@H]3[C@@H](CCC(N)=O)N[C@]4(C(=O)Nc5ccc(C)cc54)[C@H]3C2=O)cc1OC. The zero-order valence-electron chi connectivity index (χ0n) is 21.0. The molecule has 5 rings (SSSR count). The van der Waals surface area contributed by atoms with E-state index < -0.39 is 35.2 Å². The van der Waals surface area contributed by atoms with Crippen LogP contribution in [0.25, 0.3) is 0 Å². The van der Waals surface area contributed by atoms with Crippen molar-refractivity contribution >= 4 is 29.3 Å². The lowest BCUT2D eigenvalue weighted by Gasteiger charge is -2.29. The molecule has 10 heteroatoms. The molecule has 2 aromatic carbocycles. The molecule has 2 fully saturated rings. The van der Waals surface area contributed by atoms with E-state index in [1.807, 2.05) is 31.2 Å². The molecule has 0 unspecified atom stereocenters. The minimum absolute atomic E-state index is 0.0341. The van der Waals surface area contributed by atoms with Gasteiger partial charge >= 0.3 is 0 Å². The predicted octanol–water partition coefficient (Wildman–Crippen LogP) is 1.24. The number of nitrogens with two attached hydrogens (primary N) is 1. The molecule has 2 saturated heterocycles. The van der Waals surface area contributed by atoms with Crippen LogP contribution in [0, 0.1) is 18.8 Å². The lowest BCUT2D eigenvalue weighted by molar-refractivity contribution is -0.142. The van der Waals surface area contributed by atoms with Gasteiger partial charge in [-0.15, -0.1) is 0 Å². The largest absolute Gasteiger partial charge is 0.493 e. The Morgan fingerprint density at radius 1 is 1.05 bits per heavy atom. The fourth-order valence-electron chi connectivity index (χ4n) is 6.02. The Hall–Kier alpha value is -3.92. The van der Waals surface area contributed by atoms with Gasteiger partial charge in [0.05, 0.1) is 26.1 Å². The van der Waals surface area contributed by atoms with Gasteiger partial charge in [-0.25, -0.2) is 0 Å². The number of rotatable bonds is 8. The van der Waals surface area contributed by atoms with Crippen LogP contribution in [-0.4, -0.2) is 55.3 Å². The lowest BCUT2D eigenvalue weighted by Crippen LogP contribution is -2.53. The third-order valence-electron chi connectivity index (χ3n) is 7.74. The maximum atomic E-state index is 13.9. The number of nitrogens with zero attached hydrogens (tertiary/aromatic N) is 1. The average Bonchev–Trinajstić information content (AvgIpc) is 3.45. The highest BCUT2D eigenvalue weighted by molar-refractivity contribution is 6.15. The van der Waals surface area contributed by atoms with Crippen molar-refractivity contribution < 1.29 is 28.7 Å². The summed E-state index contributed by atoms with van der Waals surface area (Å²) in [5, 5.41) is 6.21. The summed E-state index contributed by atoms with van der Waals surface area (Å²) >= 11 is 0. The summed E-state index contributed by atoms with van der Waals surface area (Å²) in [5.41, 5.74) is 7.06. The molecule has 194 valence electrons. The second-order valence-electron chi connectivity index (χ2n) is 9.84. The van der Waals surface area contributed by atoms with Gasteiger partial charge in [0.25, 0.3) is 0 Å². The first-order valence-corrected chi connectivity index (χ1v) is 12.3. The van der Waals surface area contributed by atoms with Crippen LogP contribution in [0.5, 0.6) is 11.5 Å². The second kappa shape index (κ2) is 9.19. The number of hydrogen-bond acceptors (Lipinski definition) is 7. The molecular weight excluding hydrogens is 476 g/mol. The van der Waals surface area contributed by atoms with Crippen molar-refractivity contribution in [1.29, 1.82) is 0 Å². The normalized spacial score (nSPS) is 25.9. The monoisotopic (exact) mass is 506 g/mol. The highest BCUT2D eigenvalue weighted by Gasteiger charge is 2.70. The first kappa shape index (κ1) is 24.8. The predicted molar refractivity (Wildman–Crippen MR) is 134 cm³/mol. The summed E-state index contributed by atoms with van der Waals surface area (Å²) in [4.78, 5) is 53.9. The fourth-order valence-corrected chi connectivity index (χ4v) is 6.02. The van der Waals surface area contributed by atoms with E-state index in [0.717, 1.165) is 11.1 Å². The molecule has 0 saturated carbocycles. The Balaban J connectivity index is 1.48. The van der Waals surface area contributed by atoms with Crippen molar-refractivity contribution in [2.45, 2.75) is 37.8 Å². The van der Waals surface area contributed by atoms with Crippen molar-refractivity contribution in [1.82, 2.24) is 10.2 Å². The number of primary amides is 1. The first-order valence-electron chi connectivity index (χ1n) is 12.3. The van der Waals surface area contributed by atoms with Crippen LogP contribution in [0.1, 0.15) is 29.5 Å². The Labute approximate surface area is 214 Å². The zero-order valence-corrected chi connectivity index (χ0v) is 21.0. The Morgan fingerprint density at radius 3 is 2.51 bits per heavy atom. The molecule has 10 nitrogen and oxygen atoms in total. The number of carbonyl (C=O) groups is 4. The molecular formula is C27H30N4O6. The molecule has 3 heterocycles. The van der Waals surface area contributed by atoms with Gasteiger partial charge in [0, 0.05) is 30.3 Å². The van der Waals surface area contributed by atoms with Gasteiger partial charge < -0.3 is 20.5 Å². The molecule has 3 aliphatic heterocycles. The van der Waals surface area contributed by atoms with Crippen molar-refractivity contribution in [3.05, 3.63) is 53.1 Å².